The Kier molecular flexibility index (Phi) is 9.14. The molecule has 1 nitrogen and oxygen atoms in total. The van der Waals surface area contributed by atoms with Gasteiger partial charge in [-0.2, -0.15) is 26.3 Å². The Bertz CT molecular complexity index is 1570. The molecule has 4 rings (SSSR count). The summed E-state index contributed by atoms with van der Waals surface area (Å²) in [6.07, 6.45) is -5.75. The maximum absolute atomic E-state index is 13.5. The zero-order chi connectivity index (χ0) is 31.6. The van der Waals surface area contributed by atoms with E-state index in [1.165, 1.54) is 29.8 Å². The van der Waals surface area contributed by atoms with E-state index in [9.17, 15) is 26.3 Å². The highest BCUT2D eigenvalue weighted by atomic mass is 19.4. The van der Waals surface area contributed by atoms with E-state index in [4.69, 9.17) is 0 Å². The van der Waals surface area contributed by atoms with Crippen LogP contribution in [0.4, 0.5) is 32.0 Å². The van der Waals surface area contributed by atoms with E-state index in [-0.39, 0.29) is 11.1 Å². The topological polar surface area (TPSA) is 12.0 Å². The van der Waals surface area contributed by atoms with E-state index in [0.29, 0.717) is 16.7 Å². The molecule has 0 aliphatic rings. The summed E-state index contributed by atoms with van der Waals surface area (Å²) >= 11 is 0. The van der Waals surface area contributed by atoms with Crippen LogP contribution >= 0.6 is 0 Å². The average Bonchev–Trinajstić information content (AvgIpc) is 2.96. The molecule has 0 saturated carbocycles. The smallest absolute Gasteiger partial charge is 0.375 e. The summed E-state index contributed by atoms with van der Waals surface area (Å²) in [5.41, 5.74) is 5.36. The molecular weight excluding hydrogens is 560 g/mol. The Morgan fingerprint density at radius 2 is 1.16 bits per heavy atom. The van der Waals surface area contributed by atoms with Gasteiger partial charge in [0.25, 0.3) is 0 Å². The molecule has 0 bridgehead atoms. The first-order valence-corrected chi connectivity index (χ1v) is 14.2. The number of alkyl halides is 6. The van der Waals surface area contributed by atoms with E-state index in [0.717, 1.165) is 59.5 Å². The first-order chi connectivity index (χ1) is 20.2. The molecular formula is C36H35F6N. The first-order valence-electron chi connectivity index (χ1n) is 14.2. The summed E-state index contributed by atoms with van der Waals surface area (Å²) in [6, 6.07) is 21.4. The molecule has 4 aromatic carbocycles. The summed E-state index contributed by atoms with van der Waals surface area (Å²) in [4.78, 5) is 0. The molecule has 0 unspecified atom stereocenters. The minimum absolute atomic E-state index is 0.252. The summed E-state index contributed by atoms with van der Waals surface area (Å²) in [5, 5.41) is 3.81. The second-order valence-corrected chi connectivity index (χ2v) is 11.0. The van der Waals surface area contributed by atoms with Crippen molar-refractivity contribution in [2.24, 2.45) is 0 Å². The SMILES string of the molecule is CCC(CC)(Nc1c(C)cc(C)cc1C)c1ccc(C=C(c2ccc(C(F)(F)F)cc2)c2cccc(C(F)(F)F)c2)cc1. The molecule has 7 heteroatoms. The van der Waals surface area contributed by atoms with Gasteiger partial charge in [-0.1, -0.05) is 80.1 Å². The Labute approximate surface area is 249 Å². The lowest BCUT2D eigenvalue weighted by molar-refractivity contribution is -0.138. The van der Waals surface area contributed by atoms with Crippen LogP contribution in [0.3, 0.4) is 0 Å². The number of benzene rings is 4. The normalized spacial score (nSPS) is 12.9. The highest BCUT2D eigenvalue weighted by molar-refractivity contribution is 5.91. The molecule has 4 aromatic rings. The zero-order valence-corrected chi connectivity index (χ0v) is 24.8. The van der Waals surface area contributed by atoms with Crippen molar-refractivity contribution in [3.8, 4) is 0 Å². The highest BCUT2D eigenvalue weighted by Crippen LogP contribution is 2.38. The van der Waals surface area contributed by atoms with Crippen molar-refractivity contribution < 1.29 is 26.3 Å². The standard InChI is InChI=1S/C36H35F6N/c1-6-34(7-2,43-33-24(4)19-23(3)20-25(33)5)29-15-11-26(12-16-29)21-32(27-13-17-30(18-14-27)35(37,38)39)28-9-8-10-31(22-28)36(40,41)42/h8-22,43H,6-7H2,1-5H3. The number of anilines is 1. The van der Waals surface area contributed by atoms with Crippen LogP contribution in [0.25, 0.3) is 11.6 Å². The minimum Gasteiger partial charge on any atom is -0.375 e. The quantitative estimate of drug-likeness (QED) is 0.158. The van der Waals surface area contributed by atoms with Gasteiger partial charge in [-0.15, -0.1) is 0 Å². The number of hydrogen-bond acceptors (Lipinski definition) is 1. The van der Waals surface area contributed by atoms with Crippen molar-refractivity contribution in [3.05, 3.63) is 135 Å². The lowest BCUT2D eigenvalue weighted by Crippen LogP contribution is -2.34. The number of aryl methyl sites for hydroxylation is 3. The molecule has 0 aliphatic heterocycles. The molecule has 0 fully saturated rings. The third-order valence-corrected chi connectivity index (χ3v) is 8.05. The van der Waals surface area contributed by atoms with E-state index < -0.39 is 23.5 Å². The van der Waals surface area contributed by atoms with E-state index in [1.54, 1.807) is 6.08 Å². The fourth-order valence-electron chi connectivity index (χ4n) is 5.62. The van der Waals surface area contributed by atoms with Crippen molar-refractivity contribution >= 4 is 17.3 Å². The number of hydrogen-bond donors (Lipinski definition) is 1. The molecule has 0 heterocycles. The molecule has 0 atom stereocenters. The van der Waals surface area contributed by atoms with Gasteiger partial charge in [0.15, 0.2) is 0 Å². The van der Waals surface area contributed by atoms with Gasteiger partial charge in [0.2, 0.25) is 0 Å². The molecule has 226 valence electrons. The molecule has 0 spiro atoms. The van der Waals surface area contributed by atoms with E-state index in [2.05, 4.69) is 52.1 Å². The minimum atomic E-state index is -4.56. The van der Waals surface area contributed by atoms with Crippen LogP contribution in [0.1, 0.15) is 76.8 Å². The molecule has 0 radical (unpaired) electrons. The Morgan fingerprint density at radius 3 is 1.67 bits per heavy atom. The van der Waals surface area contributed by atoms with Gasteiger partial charge in [0, 0.05) is 5.69 Å². The van der Waals surface area contributed by atoms with E-state index in [1.807, 2.05) is 24.3 Å². The second-order valence-electron chi connectivity index (χ2n) is 11.0. The number of halogens is 6. The Balaban J connectivity index is 1.78. The predicted molar refractivity (Wildman–Crippen MR) is 163 cm³/mol. The van der Waals surface area contributed by atoms with Gasteiger partial charge in [-0.3, -0.25) is 0 Å². The van der Waals surface area contributed by atoms with Crippen molar-refractivity contribution in [3.63, 3.8) is 0 Å². The summed E-state index contributed by atoms with van der Waals surface area (Å²) in [6.45, 7) is 10.5. The Hall–Kier alpha value is -4.00. The lowest BCUT2D eigenvalue weighted by Gasteiger charge is -2.36. The van der Waals surface area contributed by atoms with Gasteiger partial charge in [0.05, 0.1) is 16.7 Å². The summed E-state index contributed by atoms with van der Waals surface area (Å²) < 4.78 is 80.3. The van der Waals surface area contributed by atoms with Crippen molar-refractivity contribution in [1.29, 1.82) is 0 Å². The fraction of sp³-hybridized carbons (Fsp3) is 0.278. The predicted octanol–water partition coefficient (Wildman–Crippen LogP) is 11.4. The molecule has 0 amide bonds. The van der Waals surface area contributed by atoms with Gasteiger partial charge in [0.1, 0.15) is 0 Å². The van der Waals surface area contributed by atoms with Gasteiger partial charge < -0.3 is 5.32 Å². The van der Waals surface area contributed by atoms with Crippen LogP contribution < -0.4 is 5.32 Å². The van der Waals surface area contributed by atoms with Crippen molar-refractivity contribution in [2.75, 3.05) is 5.32 Å². The largest absolute Gasteiger partial charge is 0.416 e. The number of nitrogens with one attached hydrogen (secondary N) is 1. The van der Waals surface area contributed by atoms with Crippen LogP contribution in [-0.4, -0.2) is 0 Å². The second kappa shape index (κ2) is 12.3. The first kappa shape index (κ1) is 31.9. The maximum atomic E-state index is 13.5. The number of rotatable bonds is 8. The maximum Gasteiger partial charge on any atom is 0.416 e. The molecule has 0 aromatic heterocycles. The third kappa shape index (κ3) is 7.15. The molecule has 0 saturated heterocycles. The van der Waals surface area contributed by atoms with Crippen LogP contribution in [0, 0.1) is 20.8 Å². The molecule has 43 heavy (non-hydrogen) atoms. The zero-order valence-electron chi connectivity index (χ0n) is 24.8. The van der Waals surface area contributed by atoms with Crippen LogP contribution in [0.5, 0.6) is 0 Å². The van der Waals surface area contributed by atoms with Crippen LogP contribution in [0.2, 0.25) is 0 Å². The molecule has 0 aliphatic carbocycles. The monoisotopic (exact) mass is 595 g/mol. The Morgan fingerprint density at radius 1 is 0.628 bits per heavy atom. The van der Waals surface area contributed by atoms with Crippen molar-refractivity contribution in [1.82, 2.24) is 0 Å². The highest BCUT2D eigenvalue weighted by Gasteiger charge is 2.32. The summed E-state index contributed by atoms with van der Waals surface area (Å²) in [7, 11) is 0. The van der Waals surface area contributed by atoms with Gasteiger partial charge >= 0.3 is 12.4 Å². The van der Waals surface area contributed by atoms with Gasteiger partial charge in [-0.25, -0.2) is 0 Å². The van der Waals surface area contributed by atoms with Gasteiger partial charge in [-0.05, 0) is 103 Å². The van der Waals surface area contributed by atoms with Crippen LogP contribution in [0.15, 0.2) is 84.9 Å². The molecule has 1 N–H and O–H groups in total. The third-order valence-electron chi connectivity index (χ3n) is 8.05. The fourth-order valence-corrected chi connectivity index (χ4v) is 5.62. The van der Waals surface area contributed by atoms with Crippen molar-refractivity contribution in [2.45, 2.75) is 65.4 Å². The van der Waals surface area contributed by atoms with E-state index >= 15 is 0 Å². The summed E-state index contributed by atoms with van der Waals surface area (Å²) in [5.74, 6) is 0. The van der Waals surface area contributed by atoms with Crippen LogP contribution in [-0.2, 0) is 17.9 Å². The lowest BCUT2D eigenvalue weighted by atomic mass is 9.83. The average molecular weight is 596 g/mol.